The first-order valence-corrected chi connectivity index (χ1v) is 15.6. The molecule has 0 spiro atoms. The molecule has 3 N–H and O–H groups in total. The van der Waals surface area contributed by atoms with E-state index in [1.807, 2.05) is 91.0 Å². The number of nitrogens with one attached hydrogen (secondary N) is 2. The van der Waals surface area contributed by atoms with Gasteiger partial charge in [-0.15, -0.1) is 13.2 Å². The van der Waals surface area contributed by atoms with E-state index < -0.39 is 41.9 Å². The van der Waals surface area contributed by atoms with Gasteiger partial charge >= 0.3 is 5.97 Å². The molecule has 0 aliphatic carbocycles. The maximum absolute atomic E-state index is 13.7. The van der Waals surface area contributed by atoms with Crippen LogP contribution in [0.5, 0.6) is 0 Å². The molecule has 2 amide bonds. The van der Waals surface area contributed by atoms with Gasteiger partial charge in [0, 0.05) is 13.5 Å². The molecule has 3 aromatic carbocycles. The van der Waals surface area contributed by atoms with E-state index in [1.54, 1.807) is 12.2 Å². The molecular formula is C38H46N2O6. The van der Waals surface area contributed by atoms with Gasteiger partial charge in [-0.2, -0.15) is 0 Å². The number of esters is 1. The number of amides is 2. The number of carbonyl (C=O) groups excluding carboxylic acids is 3. The second kappa shape index (κ2) is 19.8. The maximum Gasteiger partial charge on any atom is 0.310 e. The highest BCUT2D eigenvalue weighted by Crippen LogP contribution is 2.26. The lowest BCUT2D eigenvalue weighted by molar-refractivity contribution is -0.158. The molecule has 0 bridgehead atoms. The second-order valence-corrected chi connectivity index (χ2v) is 11.3. The Labute approximate surface area is 272 Å². The monoisotopic (exact) mass is 626 g/mol. The van der Waals surface area contributed by atoms with Gasteiger partial charge in [0.15, 0.2) is 0 Å². The molecule has 3 rings (SSSR count). The van der Waals surface area contributed by atoms with Crippen LogP contribution in [-0.2, 0) is 36.7 Å². The fourth-order valence-corrected chi connectivity index (χ4v) is 5.35. The summed E-state index contributed by atoms with van der Waals surface area (Å²) in [4.78, 5) is 40.4. The Morgan fingerprint density at radius 1 is 0.783 bits per heavy atom. The standard InChI is InChI=1S/C38H46N2O6/c1-4-15-31(25-35(42)39-33(26-41)24-29-19-11-7-12-20-29)37(43)40-34(27-45-3)36(30-21-13-8-14-22-30)46-38(44)32(16-5-2)23-28-17-9-6-10-18-28/h4-14,17-22,31-34,36,41H,1-2,15-16,23-27H2,3H3,(H,39,42)(H,40,43)/t31-,32+,33+,34+,36+/m1/s1. The third-order valence-electron chi connectivity index (χ3n) is 7.68. The third-order valence-corrected chi connectivity index (χ3v) is 7.68. The molecule has 244 valence electrons. The summed E-state index contributed by atoms with van der Waals surface area (Å²) in [6, 6.07) is 27.2. The van der Waals surface area contributed by atoms with Crippen LogP contribution >= 0.6 is 0 Å². The molecule has 0 heterocycles. The van der Waals surface area contributed by atoms with E-state index in [1.165, 1.54) is 7.11 Å². The number of aliphatic hydroxyl groups excluding tert-OH is 1. The zero-order valence-corrected chi connectivity index (χ0v) is 26.6. The molecule has 8 heteroatoms. The Morgan fingerprint density at radius 3 is 1.87 bits per heavy atom. The van der Waals surface area contributed by atoms with Gasteiger partial charge in [0.25, 0.3) is 0 Å². The maximum atomic E-state index is 13.7. The van der Waals surface area contributed by atoms with Crippen LogP contribution in [0.15, 0.2) is 116 Å². The predicted molar refractivity (Wildman–Crippen MR) is 180 cm³/mol. The van der Waals surface area contributed by atoms with Crippen LogP contribution in [0.1, 0.15) is 42.1 Å². The molecular weight excluding hydrogens is 580 g/mol. The van der Waals surface area contributed by atoms with Crippen molar-refractivity contribution in [2.75, 3.05) is 20.3 Å². The Morgan fingerprint density at radius 2 is 1.33 bits per heavy atom. The van der Waals surface area contributed by atoms with Crippen LogP contribution in [0.25, 0.3) is 0 Å². The molecule has 0 aliphatic rings. The number of carbonyl (C=O) groups is 3. The van der Waals surface area contributed by atoms with Crippen LogP contribution in [0, 0.1) is 11.8 Å². The lowest BCUT2D eigenvalue weighted by atomic mass is 9.95. The first-order chi connectivity index (χ1) is 22.4. The van der Waals surface area contributed by atoms with Crippen molar-refractivity contribution in [3.05, 3.63) is 133 Å². The fourth-order valence-electron chi connectivity index (χ4n) is 5.35. The average molecular weight is 627 g/mol. The first-order valence-electron chi connectivity index (χ1n) is 15.6. The number of ether oxygens (including phenoxy) is 2. The molecule has 0 unspecified atom stereocenters. The van der Waals surface area contributed by atoms with E-state index in [0.717, 1.165) is 11.1 Å². The third kappa shape index (κ3) is 11.8. The van der Waals surface area contributed by atoms with E-state index in [2.05, 4.69) is 23.8 Å². The summed E-state index contributed by atoms with van der Waals surface area (Å²) >= 11 is 0. The van der Waals surface area contributed by atoms with Crippen molar-refractivity contribution < 1.29 is 29.0 Å². The van der Waals surface area contributed by atoms with Crippen molar-refractivity contribution in [2.45, 2.75) is 50.3 Å². The SMILES string of the molecule is C=CC[C@H](CC(=O)N[C@H](CO)Cc1ccccc1)C(=O)N[C@@H](COC)[C@@H](OC(=O)[C@@H](CC=C)Cc1ccccc1)c1ccccc1. The van der Waals surface area contributed by atoms with E-state index >= 15 is 0 Å². The largest absolute Gasteiger partial charge is 0.455 e. The van der Waals surface area contributed by atoms with E-state index in [-0.39, 0.29) is 32.0 Å². The van der Waals surface area contributed by atoms with Gasteiger partial charge in [0.1, 0.15) is 6.10 Å². The molecule has 46 heavy (non-hydrogen) atoms. The second-order valence-electron chi connectivity index (χ2n) is 11.3. The summed E-state index contributed by atoms with van der Waals surface area (Å²) in [5, 5.41) is 15.7. The number of hydrogen-bond donors (Lipinski definition) is 3. The topological polar surface area (TPSA) is 114 Å². The Hall–Kier alpha value is -4.53. The normalized spacial score (nSPS) is 14.1. The molecule has 8 nitrogen and oxygen atoms in total. The molecule has 5 atom stereocenters. The zero-order chi connectivity index (χ0) is 33.1. The summed E-state index contributed by atoms with van der Waals surface area (Å²) in [5.74, 6) is -2.39. The quantitative estimate of drug-likeness (QED) is 0.118. The number of allylic oxidation sites excluding steroid dienone is 2. The van der Waals surface area contributed by atoms with Crippen molar-refractivity contribution >= 4 is 17.8 Å². The lowest BCUT2D eigenvalue weighted by Crippen LogP contribution is -2.47. The van der Waals surface area contributed by atoms with Gasteiger partial charge < -0.3 is 25.2 Å². The minimum absolute atomic E-state index is 0.0556. The van der Waals surface area contributed by atoms with Gasteiger partial charge in [-0.05, 0) is 42.4 Å². The minimum atomic E-state index is -0.858. The van der Waals surface area contributed by atoms with E-state index in [4.69, 9.17) is 9.47 Å². The van der Waals surface area contributed by atoms with Crippen molar-refractivity contribution in [1.29, 1.82) is 0 Å². The highest BCUT2D eigenvalue weighted by atomic mass is 16.5. The summed E-state index contributed by atoms with van der Waals surface area (Å²) in [6.07, 6.45) is 3.92. The summed E-state index contributed by atoms with van der Waals surface area (Å²) < 4.78 is 11.7. The Bertz CT molecular complexity index is 1370. The van der Waals surface area contributed by atoms with Gasteiger partial charge in [-0.25, -0.2) is 0 Å². The molecule has 0 fully saturated rings. The summed E-state index contributed by atoms with van der Waals surface area (Å²) in [7, 11) is 1.51. The summed E-state index contributed by atoms with van der Waals surface area (Å²) in [6.45, 7) is 7.42. The van der Waals surface area contributed by atoms with Crippen LogP contribution in [0.3, 0.4) is 0 Å². The first kappa shape index (κ1) is 35.9. The van der Waals surface area contributed by atoms with Gasteiger partial charge in [0.2, 0.25) is 11.8 Å². The molecule has 3 aromatic rings. The molecule has 0 saturated carbocycles. The van der Waals surface area contributed by atoms with Crippen molar-refractivity contribution in [1.82, 2.24) is 10.6 Å². The Kier molecular flexibility index (Phi) is 15.4. The minimum Gasteiger partial charge on any atom is -0.455 e. The number of aliphatic hydroxyl groups is 1. The number of methoxy groups -OCH3 is 1. The van der Waals surface area contributed by atoms with E-state index in [0.29, 0.717) is 24.8 Å². The van der Waals surface area contributed by atoms with Crippen molar-refractivity contribution in [2.24, 2.45) is 11.8 Å². The number of rotatable bonds is 20. The Balaban J connectivity index is 1.77. The molecule has 0 radical (unpaired) electrons. The predicted octanol–water partition coefficient (Wildman–Crippen LogP) is 5.14. The highest BCUT2D eigenvalue weighted by molar-refractivity contribution is 5.86. The smallest absolute Gasteiger partial charge is 0.310 e. The summed E-state index contributed by atoms with van der Waals surface area (Å²) in [5.41, 5.74) is 2.67. The molecule has 0 saturated heterocycles. The fraction of sp³-hybridized carbons (Fsp3) is 0.342. The van der Waals surface area contributed by atoms with Gasteiger partial charge in [0.05, 0.1) is 37.1 Å². The molecule has 0 aromatic heterocycles. The van der Waals surface area contributed by atoms with Gasteiger partial charge in [-0.1, -0.05) is 103 Å². The highest BCUT2D eigenvalue weighted by Gasteiger charge is 2.33. The number of benzene rings is 3. The van der Waals surface area contributed by atoms with E-state index in [9.17, 15) is 19.5 Å². The lowest BCUT2D eigenvalue weighted by Gasteiger charge is -2.30. The van der Waals surface area contributed by atoms with Crippen LogP contribution in [0.2, 0.25) is 0 Å². The average Bonchev–Trinajstić information content (AvgIpc) is 3.07. The van der Waals surface area contributed by atoms with Crippen LogP contribution in [0.4, 0.5) is 0 Å². The molecule has 0 aliphatic heterocycles. The van der Waals surface area contributed by atoms with Crippen LogP contribution in [-0.4, -0.2) is 55.3 Å². The zero-order valence-electron chi connectivity index (χ0n) is 26.6. The van der Waals surface area contributed by atoms with Crippen LogP contribution < -0.4 is 10.6 Å². The number of hydrogen-bond acceptors (Lipinski definition) is 6. The van der Waals surface area contributed by atoms with Crippen molar-refractivity contribution in [3.8, 4) is 0 Å². The van der Waals surface area contributed by atoms with Crippen molar-refractivity contribution in [3.63, 3.8) is 0 Å². The van der Waals surface area contributed by atoms with Gasteiger partial charge in [-0.3, -0.25) is 14.4 Å².